The number of hydrogen-bond acceptors (Lipinski definition) is 5. The van der Waals surface area contributed by atoms with Gasteiger partial charge in [-0.15, -0.1) is 0 Å². The molecular formula is C26H32N4O4S. The molecule has 5 rings (SSSR count). The van der Waals surface area contributed by atoms with Crippen LogP contribution >= 0.6 is 0 Å². The molecule has 0 bridgehead atoms. The fourth-order valence-electron chi connectivity index (χ4n) is 5.43. The van der Waals surface area contributed by atoms with Crippen molar-refractivity contribution in [3.8, 4) is 0 Å². The first-order valence-corrected chi connectivity index (χ1v) is 13.8. The number of piperazine rings is 1. The van der Waals surface area contributed by atoms with Crippen LogP contribution in [0, 0.1) is 0 Å². The summed E-state index contributed by atoms with van der Waals surface area (Å²) in [6.45, 7) is 6.16. The first kappa shape index (κ1) is 24.0. The summed E-state index contributed by atoms with van der Waals surface area (Å²) in [6, 6.07) is 14.6. The first-order chi connectivity index (χ1) is 16.8. The Kier molecular flexibility index (Phi) is 6.65. The van der Waals surface area contributed by atoms with Crippen LogP contribution in [0.15, 0.2) is 53.4 Å². The van der Waals surface area contributed by atoms with Crippen LogP contribution in [0.4, 0.5) is 5.69 Å². The minimum atomic E-state index is -3.56. The lowest BCUT2D eigenvalue weighted by atomic mass is 10.1. The molecule has 8 nitrogen and oxygen atoms in total. The van der Waals surface area contributed by atoms with E-state index in [1.807, 2.05) is 23.1 Å². The lowest BCUT2D eigenvalue weighted by Crippen LogP contribution is -2.55. The van der Waals surface area contributed by atoms with Gasteiger partial charge < -0.3 is 4.90 Å². The fraction of sp³-hybridized carbons (Fsp3) is 0.462. The summed E-state index contributed by atoms with van der Waals surface area (Å²) in [4.78, 5) is 32.1. The molecule has 2 saturated heterocycles. The summed E-state index contributed by atoms with van der Waals surface area (Å²) in [5.41, 5.74) is 2.63. The van der Waals surface area contributed by atoms with Gasteiger partial charge in [0.05, 0.1) is 4.90 Å². The number of nitrogens with zero attached hydrogens (tertiary/aromatic N) is 4. The minimum Gasteiger partial charge on any atom is -0.338 e. The molecule has 3 aliphatic rings. The van der Waals surface area contributed by atoms with Crippen molar-refractivity contribution >= 4 is 27.5 Å². The van der Waals surface area contributed by atoms with E-state index in [1.54, 1.807) is 23.1 Å². The van der Waals surface area contributed by atoms with E-state index < -0.39 is 16.1 Å². The number of carbonyl (C=O) groups is 2. The maximum absolute atomic E-state index is 13.5. The van der Waals surface area contributed by atoms with Gasteiger partial charge in [-0.3, -0.25) is 19.4 Å². The van der Waals surface area contributed by atoms with Gasteiger partial charge in [-0.1, -0.05) is 30.3 Å². The molecule has 0 radical (unpaired) electrons. The number of benzene rings is 2. The molecule has 35 heavy (non-hydrogen) atoms. The summed E-state index contributed by atoms with van der Waals surface area (Å²) in [7, 11) is -3.56. The molecule has 186 valence electrons. The van der Waals surface area contributed by atoms with E-state index in [1.165, 1.54) is 16.8 Å². The molecule has 2 amide bonds. The molecule has 2 fully saturated rings. The second-order valence-corrected chi connectivity index (χ2v) is 11.5. The highest BCUT2D eigenvalue weighted by molar-refractivity contribution is 7.89. The van der Waals surface area contributed by atoms with E-state index in [2.05, 4.69) is 17.0 Å². The van der Waals surface area contributed by atoms with Gasteiger partial charge in [0.15, 0.2) is 0 Å². The van der Waals surface area contributed by atoms with Crippen LogP contribution in [0.25, 0.3) is 0 Å². The van der Waals surface area contributed by atoms with E-state index in [-0.39, 0.29) is 16.7 Å². The molecule has 1 unspecified atom stereocenters. The molecule has 3 aliphatic heterocycles. The highest BCUT2D eigenvalue weighted by Crippen LogP contribution is 2.36. The monoisotopic (exact) mass is 496 g/mol. The lowest BCUT2D eigenvalue weighted by Gasteiger charge is -2.37. The fourth-order valence-corrected chi connectivity index (χ4v) is 7.00. The Hall–Kier alpha value is -2.75. The van der Waals surface area contributed by atoms with Gasteiger partial charge in [-0.2, -0.15) is 4.31 Å². The highest BCUT2D eigenvalue weighted by Gasteiger charge is 2.40. The number of fused-ring (bicyclic) bond motifs is 1. The zero-order valence-electron chi connectivity index (χ0n) is 20.1. The Morgan fingerprint density at radius 2 is 1.60 bits per heavy atom. The van der Waals surface area contributed by atoms with Gasteiger partial charge in [-0.25, -0.2) is 8.42 Å². The number of hydrogen-bond donors (Lipinski definition) is 0. The zero-order valence-corrected chi connectivity index (χ0v) is 20.9. The average Bonchev–Trinajstić information content (AvgIpc) is 3.53. The normalized spacial score (nSPS) is 21.3. The quantitative estimate of drug-likeness (QED) is 0.633. The smallest absolute Gasteiger partial charge is 0.246 e. The third-order valence-electron chi connectivity index (χ3n) is 7.30. The Morgan fingerprint density at radius 1 is 0.914 bits per heavy atom. The maximum Gasteiger partial charge on any atom is 0.246 e. The Morgan fingerprint density at radius 3 is 2.26 bits per heavy atom. The molecule has 1 atom stereocenters. The van der Waals surface area contributed by atoms with E-state index >= 15 is 0 Å². The summed E-state index contributed by atoms with van der Waals surface area (Å²) in [5, 5.41) is 0. The summed E-state index contributed by atoms with van der Waals surface area (Å²) >= 11 is 0. The molecule has 0 saturated carbocycles. The summed E-state index contributed by atoms with van der Waals surface area (Å²) in [5.74, 6) is -0.278. The minimum absolute atomic E-state index is 0.0697. The molecule has 2 aromatic carbocycles. The van der Waals surface area contributed by atoms with E-state index in [9.17, 15) is 18.0 Å². The van der Waals surface area contributed by atoms with E-state index in [0.717, 1.165) is 38.0 Å². The van der Waals surface area contributed by atoms with Gasteiger partial charge in [0.2, 0.25) is 21.8 Å². The van der Waals surface area contributed by atoms with Crippen molar-refractivity contribution in [3.63, 3.8) is 0 Å². The number of rotatable bonds is 5. The third-order valence-corrected chi connectivity index (χ3v) is 9.19. The van der Waals surface area contributed by atoms with Gasteiger partial charge in [-0.05, 0) is 42.2 Å². The van der Waals surface area contributed by atoms with Gasteiger partial charge in [0, 0.05) is 64.8 Å². The van der Waals surface area contributed by atoms with Gasteiger partial charge >= 0.3 is 0 Å². The predicted octanol–water partition coefficient (Wildman–Crippen LogP) is 2.09. The molecule has 0 aromatic heterocycles. The largest absolute Gasteiger partial charge is 0.338 e. The Labute approximate surface area is 207 Å². The Balaban J connectivity index is 1.29. The highest BCUT2D eigenvalue weighted by atomic mass is 32.2. The third kappa shape index (κ3) is 4.72. The number of amides is 2. The van der Waals surface area contributed by atoms with Crippen LogP contribution in [-0.2, 0) is 32.6 Å². The van der Waals surface area contributed by atoms with Crippen molar-refractivity contribution in [1.29, 1.82) is 0 Å². The summed E-state index contributed by atoms with van der Waals surface area (Å²) in [6.07, 6.45) is 2.08. The first-order valence-electron chi connectivity index (χ1n) is 12.3. The van der Waals surface area contributed by atoms with Crippen LogP contribution in [-0.4, -0.2) is 79.6 Å². The van der Waals surface area contributed by atoms with Crippen molar-refractivity contribution < 1.29 is 18.0 Å². The van der Waals surface area contributed by atoms with Crippen LogP contribution in [0.3, 0.4) is 0 Å². The van der Waals surface area contributed by atoms with Crippen molar-refractivity contribution in [3.05, 3.63) is 59.7 Å². The molecule has 0 spiro atoms. The average molecular weight is 497 g/mol. The maximum atomic E-state index is 13.5. The predicted molar refractivity (Wildman–Crippen MR) is 133 cm³/mol. The van der Waals surface area contributed by atoms with E-state index in [4.69, 9.17) is 0 Å². The molecule has 3 heterocycles. The number of anilines is 1. The summed E-state index contributed by atoms with van der Waals surface area (Å²) < 4.78 is 27.6. The van der Waals surface area contributed by atoms with E-state index in [0.29, 0.717) is 38.3 Å². The molecule has 9 heteroatoms. The number of carbonyl (C=O) groups excluding carboxylic acids is 2. The van der Waals surface area contributed by atoms with Crippen LogP contribution in [0.5, 0.6) is 0 Å². The van der Waals surface area contributed by atoms with Crippen molar-refractivity contribution in [2.45, 2.75) is 43.7 Å². The molecule has 2 aromatic rings. The number of sulfonamides is 1. The second-order valence-electron chi connectivity index (χ2n) is 9.60. The van der Waals surface area contributed by atoms with Crippen LogP contribution < -0.4 is 4.90 Å². The van der Waals surface area contributed by atoms with Crippen molar-refractivity contribution in [2.75, 3.05) is 44.2 Å². The zero-order chi connectivity index (χ0) is 24.6. The molecular weight excluding hydrogens is 464 g/mol. The SMILES string of the molecule is CC(=O)N1c2ccc(S(=O)(=O)N3CCCC3)cc2CC1C(=O)N1CCN(Cc2ccccc2)CC1. The topological polar surface area (TPSA) is 81.2 Å². The Bertz CT molecular complexity index is 1200. The van der Waals surface area contributed by atoms with Crippen molar-refractivity contribution in [1.82, 2.24) is 14.1 Å². The van der Waals surface area contributed by atoms with Crippen LogP contribution in [0.2, 0.25) is 0 Å². The second kappa shape index (κ2) is 9.72. The van der Waals surface area contributed by atoms with Gasteiger partial charge in [0.25, 0.3) is 0 Å². The lowest BCUT2D eigenvalue weighted by molar-refractivity contribution is -0.135. The molecule has 0 N–H and O–H groups in total. The standard InChI is InChI=1S/C26H32N4O4S/c1-20(31)30-24-10-9-23(35(33,34)29-11-5-6-12-29)17-22(24)18-25(30)26(32)28-15-13-27(14-16-28)19-21-7-3-2-4-8-21/h2-4,7-10,17,25H,5-6,11-16,18-19H2,1H3. The molecule has 0 aliphatic carbocycles. The van der Waals surface area contributed by atoms with Crippen molar-refractivity contribution in [2.24, 2.45) is 0 Å². The van der Waals surface area contributed by atoms with Crippen LogP contribution in [0.1, 0.15) is 30.9 Å². The van der Waals surface area contributed by atoms with Gasteiger partial charge in [0.1, 0.15) is 6.04 Å².